The Labute approximate surface area is 119 Å². The fourth-order valence-electron chi connectivity index (χ4n) is 3.95. The Balaban J connectivity index is 1.91. The van der Waals surface area contributed by atoms with Crippen molar-refractivity contribution in [2.75, 3.05) is 6.61 Å². The Morgan fingerprint density at radius 1 is 1.10 bits per heavy atom. The van der Waals surface area contributed by atoms with Crippen LogP contribution in [0.25, 0.3) is 0 Å². The summed E-state index contributed by atoms with van der Waals surface area (Å²) in [7, 11) is 0. The van der Waals surface area contributed by atoms with E-state index in [1.807, 2.05) is 13.8 Å². The largest absolute Gasteiger partial charge is 0.507 e. The van der Waals surface area contributed by atoms with Crippen molar-refractivity contribution in [1.29, 1.82) is 0 Å². The average molecular weight is 274 g/mol. The maximum absolute atomic E-state index is 10.4. The van der Waals surface area contributed by atoms with E-state index in [9.17, 15) is 5.11 Å². The molecule has 0 amide bonds. The van der Waals surface area contributed by atoms with Gasteiger partial charge in [0, 0.05) is 11.5 Å². The summed E-state index contributed by atoms with van der Waals surface area (Å²) >= 11 is 0. The summed E-state index contributed by atoms with van der Waals surface area (Å²) in [6, 6.07) is 0. The van der Waals surface area contributed by atoms with Gasteiger partial charge in [0.1, 0.15) is 17.1 Å². The molecule has 1 aromatic rings. The topological polar surface area (TPSA) is 42.0 Å². The number of hydrogen-bond acceptors (Lipinski definition) is 3. The smallest absolute Gasteiger partial charge is 0.127 e. The molecule has 1 aromatic carbocycles. The lowest BCUT2D eigenvalue weighted by Gasteiger charge is -2.49. The number of aromatic hydroxyl groups is 1. The van der Waals surface area contributed by atoms with Gasteiger partial charge in [0.05, 0.1) is 12.7 Å². The van der Waals surface area contributed by atoms with Gasteiger partial charge in [0.15, 0.2) is 0 Å². The summed E-state index contributed by atoms with van der Waals surface area (Å²) in [5, 5.41) is 10.4. The predicted molar refractivity (Wildman–Crippen MR) is 76.6 cm³/mol. The molecule has 0 radical (unpaired) electrons. The highest BCUT2D eigenvalue weighted by molar-refractivity contribution is 5.60. The number of hydrogen-bond donors (Lipinski definition) is 1. The number of rotatable bonds is 1. The number of phenolic OH excluding ortho intramolecular Hbond substituents is 1. The van der Waals surface area contributed by atoms with E-state index in [1.165, 1.54) is 12.0 Å². The lowest BCUT2D eigenvalue weighted by atomic mass is 9.69. The van der Waals surface area contributed by atoms with Crippen LogP contribution < -0.4 is 4.74 Å². The molecule has 2 aliphatic heterocycles. The van der Waals surface area contributed by atoms with Gasteiger partial charge in [0.2, 0.25) is 0 Å². The Hall–Kier alpha value is -1.22. The zero-order chi connectivity index (χ0) is 14.1. The maximum Gasteiger partial charge on any atom is 0.127 e. The Morgan fingerprint density at radius 3 is 2.35 bits per heavy atom. The lowest BCUT2D eigenvalue weighted by molar-refractivity contribution is -0.0369. The fraction of sp³-hybridized carbons (Fsp3) is 0.647. The Kier molecular flexibility index (Phi) is 2.45. The van der Waals surface area contributed by atoms with E-state index < -0.39 is 0 Å². The minimum absolute atomic E-state index is 0.0459. The predicted octanol–water partition coefficient (Wildman–Crippen LogP) is 3.51. The van der Waals surface area contributed by atoms with Gasteiger partial charge < -0.3 is 14.6 Å². The van der Waals surface area contributed by atoms with Crippen LogP contribution >= 0.6 is 0 Å². The molecule has 0 bridgehead atoms. The van der Waals surface area contributed by atoms with Gasteiger partial charge in [-0.1, -0.05) is 0 Å². The third-order valence-corrected chi connectivity index (χ3v) is 5.62. The molecule has 3 heteroatoms. The van der Waals surface area contributed by atoms with E-state index in [4.69, 9.17) is 9.47 Å². The monoisotopic (exact) mass is 274 g/mol. The van der Waals surface area contributed by atoms with Gasteiger partial charge in [-0.2, -0.15) is 0 Å². The van der Waals surface area contributed by atoms with Crippen LogP contribution in [0.2, 0.25) is 0 Å². The molecule has 108 valence electrons. The molecule has 0 aromatic heterocycles. The molecule has 1 aliphatic carbocycles. The standard InChI is InChI=1S/C17H22O3/c1-9-10(2)16-14(11(3)15(9)18)12(13-8-19-13)7-17(20-16)5-4-6-17/h12-13,18H,4-8H2,1-3H3. The van der Waals surface area contributed by atoms with Crippen molar-refractivity contribution < 1.29 is 14.6 Å². The van der Waals surface area contributed by atoms with Crippen molar-refractivity contribution in [3.8, 4) is 11.5 Å². The molecular weight excluding hydrogens is 252 g/mol. The molecule has 1 saturated carbocycles. The summed E-state index contributed by atoms with van der Waals surface area (Å²) in [4.78, 5) is 0. The number of fused-ring (bicyclic) bond motifs is 1. The lowest BCUT2D eigenvalue weighted by Crippen LogP contribution is -2.48. The summed E-state index contributed by atoms with van der Waals surface area (Å²) in [5.74, 6) is 1.86. The summed E-state index contributed by atoms with van der Waals surface area (Å²) in [6.45, 7) is 6.91. The minimum atomic E-state index is 0.0459. The quantitative estimate of drug-likeness (QED) is 0.797. The second-order valence-corrected chi connectivity index (χ2v) is 6.79. The van der Waals surface area contributed by atoms with Crippen LogP contribution in [-0.4, -0.2) is 23.4 Å². The van der Waals surface area contributed by atoms with Crippen LogP contribution in [0, 0.1) is 20.8 Å². The Bertz CT molecular complexity index is 583. The minimum Gasteiger partial charge on any atom is -0.507 e. The maximum atomic E-state index is 10.4. The molecule has 1 spiro atoms. The molecule has 3 aliphatic rings. The molecule has 4 rings (SSSR count). The van der Waals surface area contributed by atoms with E-state index in [0.717, 1.165) is 48.3 Å². The molecule has 1 N–H and O–H groups in total. The van der Waals surface area contributed by atoms with Gasteiger partial charge in [0.25, 0.3) is 0 Å². The highest BCUT2D eigenvalue weighted by Crippen LogP contribution is 2.56. The van der Waals surface area contributed by atoms with Crippen molar-refractivity contribution in [3.63, 3.8) is 0 Å². The second kappa shape index (κ2) is 3.91. The van der Waals surface area contributed by atoms with Crippen LogP contribution in [0.1, 0.15) is 53.9 Å². The van der Waals surface area contributed by atoms with E-state index in [1.54, 1.807) is 0 Å². The molecular formula is C17H22O3. The molecule has 3 nitrogen and oxygen atoms in total. The van der Waals surface area contributed by atoms with Crippen molar-refractivity contribution in [3.05, 3.63) is 22.3 Å². The zero-order valence-corrected chi connectivity index (χ0v) is 12.5. The van der Waals surface area contributed by atoms with E-state index in [-0.39, 0.29) is 5.60 Å². The molecule has 20 heavy (non-hydrogen) atoms. The van der Waals surface area contributed by atoms with E-state index in [0.29, 0.717) is 17.8 Å². The second-order valence-electron chi connectivity index (χ2n) is 6.79. The van der Waals surface area contributed by atoms with Crippen LogP contribution in [0.4, 0.5) is 0 Å². The van der Waals surface area contributed by atoms with Crippen LogP contribution in [0.3, 0.4) is 0 Å². The van der Waals surface area contributed by atoms with Crippen molar-refractivity contribution in [2.45, 2.75) is 64.1 Å². The number of phenols is 1. The molecule has 2 heterocycles. The first kappa shape index (κ1) is 12.5. The van der Waals surface area contributed by atoms with Gasteiger partial charge >= 0.3 is 0 Å². The van der Waals surface area contributed by atoms with Crippen molar-refractivity contribution in [2.24, 2.45) is 0 Å². The zero-order valence-electron chi connectivity index (χ0n) is 12.5. The first-order valence-electron chi connectivity index (χ1n) is 7.66. The van der Waals surface area contributed by atoms with Gasteiger partial charge in [-0.25, -0.2) is 0 Å². The molecule has 2 atom stereocenters. The summed E-state index contributed by atoms with van der Waals surface area (Å²) in [6.07, 6.45) is 4.97. The first-order chi connectivity index (χ1) is 9.52. The van der Waals surface area contributed by atoms with E-state index in [2.05, 4.69) is 6.92 Å². The fourth-order valence-corrected chi connectivity index (χ4v) is 3.95. The van der Waals surface area contributed by atoms with Crippen LogP contribution in [-0.2, 0) is 4.74 Å². The van der Waals surface area contributed by atoms with Crippen molar-refractivity contribution >= 4 is 0 Å². The number of ether oxygens (including phenoxy) is 2. The normalized spacial score (nSPS) is 29.6. The molecule has 2 fully saturated rings. The Morgan fingerprint density at radius 2 is 1.80 bits per heavy atom. The average Bonchev–Trinajstić information content (AvgIpc) is 3.24. The number of epoxide rings is 1. The SMILES string of the molecule is Cc1c(C)c2c(c(C)c1O)C(C1CO1)CC1(CCC1)O2. The number of benzene rings is 1. The summed E-state index contributed by atoms with van der Waals surface area (Å²) in [5.41, 5.74) is 4.28. The van der Waals surface area contributed by atoms with Gasteiger partial charge in [-0.3, -0.25) is 0 Å². The van der Waals surface area contributed by atoms with Gasteiger partial charge in [-0.15, -0.1) is 0 Å². The summed E-state index contributed by atoms with van der Waals surface area (Å²) < 4.78 is 12.0. The van der Waals surface area contributed by atoms with Crippen molar-refractivity contribution in [1.82, 2.24) is 0 Å². The molecule has 1 saturated heterocycles. The first-order valence-corrected chi connectivity index (χ1v) is 7.66. The third kappa shape index (κ3) is 1.56. The van der Waals surface area contributed by atoms with E-state index >= 15 is 0 Å². The van der Waals surface area contributed by atoms with Crippen LogP contribution in [0.5, 0.6) is 11.5 Å². The molecule has 2 unspecified atom stereocenters. The third-order valence-electron chi connectivity index (χ3n) is 5.62. The van der Waals surface area contributed by atoms with Gasteiger partial charge in [-0.05, 0) is 63.1 Å². The van der Waals surface area contributed by atoms with Crippen LogP contribution in [0.15, 0.2) is 0 Å². The highest BCUT2D eigenvalue weighted by Gasteiger charge is 2.51. The highest BCUT2D eigenvalue weighted by atomic mass is 16.6.